The van der Waals surface area contributed by atoms with E-state index in [0.29, 0.717) is 12.8 Å². The highest BCUT2D eigenvalue weighted by molar-refractivity contribution is 6.74. The first-order chi connectivity index (χ1) is 13.1. The van der Waals surface area contributed by atoms with E-state index >= 15 is 0 Å². The minimum absolute atomic E-state index is 0.0611. The fourth-order valence-electron chi connectivity index (χ4n) is 3.48. The standard InChI is InChI=1S/C22H31NO4Si/c1-22(2,3)28(4,5)27-19-13-9-12-18(19)20(24)23-17(15-26-21(23)25)14-16-10-7-6-8-11-16/h6-12,17-19H,13-15H2,1-5H3/t17-,18-,19+/m1/s1. The SMILES string of the molecule is CC(C)(C)[Si](C)(C)O[C@H]1CC=C[C@H]1C(=O)N1C(=O)OC[C@H]1Cc1ccccc1. The Balaban J connectivity index is 1.75. The van der Waals surface area contributed by atoms with Gasteiger partial charge in [0, 0.05) is 0 Å². The van der Waals surface area contributed by atoms with Gasteiger partial charge in [0.1, 0.15) is 6.61 Å². The average molecular weight is 402 g/mol. The van der Waals surface area contributed by atoms with Crippen LogP contribution in [0.15, 0.2) is 42.5 Å². The predicted molar refractivity (Wildman–Crippen MR) is 111 cm³/mol. The number of ether oxygens (including phenoxy) is 1. The van der Waals surface area contributed by atoms with Gasteiger partial charge in [0.05, 0.1) is 18.1 Å². The summed E-state index contributed by atoms with van der Waals surface area (Å²) in [6, 6.07) is 9.61. The maximum absolute atomic E-state index is 13.3. The highest BCUT2D eigenvalue weighted by Gasteiger charge is 2.46. The molecule has 1 aromatic carbocycles. The van der Waals surface area contributed by atoms with Crippen LogP contribution >= 0.6 is 0 Å². The van der Waals surface area contributed by atoms with Crippen LogP contribution in [0.3, 0.4) is 0 Å². The van der Waals surface area contributed by atoms with E-state index in [0.717, 1.165) is 5.56 Å². The first-order valence-electron chi connectivity index (χ1n) is 9.98. The van der Waals surface area contributed by atoms with Crippen LogP contribution in [0, 0.1) is 5.92 Å². The van der Waals surface area contributed by atoms with Gasteiger partial charge in [-0.1, -0.05) is 63.3 Å². The summed E-state index contributed by atoms with van der Waals surface area (Å²) in [5.74, 6) is -0.640. The zero-order valence-corrected chi connectivity index (χ0v) is 18.5. The largest absolute Gasteiger partial charge is 0.447 e. The molecular formula is C22H31NO4Si. The molecule has 28 heavy (non-hydrogen) atoms. The summed E-state index contributed by atoms with van der Waals surface area (Å²) in [7, 11) is -2.02. The fourth-order valence-corrected chi connectivity index (χ4v) is 4.83. The number of benzene rings is 1. The van der Waals surface area contributed by atoms with E-state index in [1.165, 1.54) is 4.90 Å². The quantitative estimate of drug-likeness (QED) is 0.537. The van der Waals surface area contributed by atoms with Crippen LogP contribution in [-0.4, -0.2) is 44.0 Å². The lowest BCUT2D eigenvalue weighted by Gasteiger charge is -2.40. The molecule has 152 valence electrons. The molecule has 1 heterocycles. The number of amides is 2. The van der Waals surface area contributed by atoms with Crippen molar-refractivity contribution in [1.82, 2.24) is 4.90 Å². The van der Waals surface area contributed by atoms with Crippen LogP contribution in [0.25, 0.3) is 0 Å². The molecular weight excluding hydrogens is 370 g/mol. The second-order valence-corrected chi connectivity index (χ2v) is 14.0. The smallest absolute Gasteiger partial charge is 0.417 e. The molecule has 3 atom stereocenters. The minimum atomic E-state index is -2.02. The average Bonchev–Trinajstić information content (AvgIpc) is 3.21. The zero-order valence-electron chi connectivity index (χ0n) is 17.5. The molecule has 1 fully saturated rings. The lowest BCUT2D eigenvalue weighted by atomic mass is 10.0. The minimum Gasteiger partial charge on any atom is -0.447 e. The molecule has 2 amide bonds. The molecule has 0 aromatic heterocycles. The van der Waals surface area contributed by atoms with Crippen molar-refractivity contribution >= 4 is 20.3 Å². The van der Waals surface area contributed by atoms with Crippen molar-refractivity contribution in [3.05, 3.63) is 48.0 Å². The molecule has 6 heteroatoms. The van der Waals surface area contributed by atoms with Gasteiger partial charge in [-0.05, 0) is 36.5 Å². The van der Waals surface area contributed by atoms with Crippen molar-refractivity contribution in [2.75, 3.05) is 6.61 Å². The van der Waals surface area contributed by atoms with Gasteiger partial charge in [0.25, 0.3) is 0 Å². The molecule has 0 radical (unpaired) electrons. The molecule has 2 aliphatic rings. The van der Waals surface area contributed by atoms with Crippen molar-refractivity contribution in [3.8, 4) is 0 Å². The van der Waals surface area contributed by atoms with Crippen LogP contribution < -0.4 is 0 Å². The fraction of sp³-hybridized carbons (Fsp3) is 0.545. The van der Waals surface area contributed by atoms with Crippen molar-refractivity contribution in [1.29, 1.82) is 0 Å². The molecule has 0 spiro atoms. The number of rotatable bonds is 5. The summed E-state index contributed by atoms with van der Waals surface area (Å²) >= 11 is 0. The number of imide groups is 1. The zero-order chi connectivity index (χ0) is 20.5. The number of carbonyl (C=O) groups excluding carboxylic acids is 2. The Labute approximate surface area is 168 Å². The van der Waals surface area contributed by atoms with Gasteiger partial charge in [-0.3, -0.25) is 4.79 Å². The Morgan fingerprint density at radius 2 is 1.93 bits per heavy atom. The van der Waals surface area contributed by atoms with Crippen molar-refractivity contribution in [2.24, 2.45) is 5.92 Å². The van der Waals surface area contributed by atoms with Gasteiger partial charge < -0.3 is 9.16 Å². The molecule has 1 saturated heterocycles. The van der Waals surface area contributed by atoms with E-state index in [2.05, 4.69) is 33.9 Å². The van der Waals surface area contributed by atoms with Crippen molar-refractivity contribution < 1.29 is 18.8 Å². The maximum atomic E-state index is 13.3. The summed E-state index contributed by atoms with van der Waals surface area (Å²) in [6.07, 6.45) is 4.44. The van der Waals surface area contributed by atoms with Gasteiger partial charge in [-0.15, -0.1) is 0 Å². The molecule has 0 saturated carbocycles. The van der Waals surface area contributed by atoms with Gasteiger partial charge in [-0.2, -0.15) is 0 Å². The number of carbonyl (C=O) groups is 2. The van der Waals surface area contributed by atoms with Gasteiger partial charge in [0.2, 0.25) is 5.91 Å². The van der Waals surface area contributed by atoms with Crippen LogP contribution in [0.4, 0.5) is 4.79 Å². The first kappa shape index (κ1) is 20.8. The number of hydrogen-bond acceptors (Lipinski definition) is 4. The summed E-state index contributed by atoms with van der Waals surface area (Å²) in [6.45, 7) is 11.2. The van der Waals surface area contributed by atoms with E-state index in [1.54, 1.807) is 0 Å². The third-order valence-electron chi connectivity index (χ3n) is 6.16. The maximum Gasteiger partial charge on any atom is 0.417 e. The normalized spacial score (nSPS) is 25.2. The molecule has 1 aliphatic carbocycles. The number of hydrogen-bond donors (Lipinski definition) is 0. The Morgan fingerprint density at radius 3 is 2.57 bits per heavy atom. The molecule has 1 aliphatic heterocycles. The Bertz CT molecular complexity index is 754. The lowest BCUT2D eigenvalue weighted by molar-refractivity contribution is -0.134. The van der Waals surface area contributed by atoms with Crippen LogP contribution in [-0.2, 0) is 20.4 Å². The summed E-state index contributed by atoms with van der Waals surface area (Å²) in [5.41, 5.74) is 1.08. The summed E-state index contributed by atoms with van der Waals surface area (Å²) in [5, 5.41) is 0.0611. The Kier molecular flexibility index (Phi) is 5.82. The Morgan fingerprint density at radius 1 is 1.25 bits per heavy atom. The highest BCUT2D eigenvalue weighted by atomic mass is 28.4. The van der Waals surface area contributed by atoms with Crippen LogP contribution in [0.5, 0.6) is 0 Å². The third-order valence-corrected chi connectivity index (χ3v) is 10.7. The van der Waals surface area contributed by atoms with Crippen LogP contribution in [0.2, 0.25) is 18.1 Å². The van der Waals surface area contributed by atoms with E-state index < -0.39 is 20.3 Å². The van der Waals surface area contributed by atoms with Crippen molar-refractivity contribution in [2.45, 2.75) is 63.9 Å². The van der Waals surface area contributed by atoms with Crippen molar-refractivity contribution in [3.63, 3.8) is 0 Å². The number of nitrogens with zero attached hydrogens (tertiary/aromatic N) is 1. The monoisotopic (exact) mass is 401 g/mol. The Hall–Kier alpha value is -1.92. The second-order valence-electron chi connectivity index (χ2n) is 9.23. The van der Waals surface area contributed by atoms with Crippen LogP contribution in [0.1, 0.15) is 32.8 Å². The molecule has 0 unspecified atom stereocenters. The van der Waals surface area contributed by atoms with E-state index in [1.807, 2.05) is 42.5 Å². The molecule has 0 N–H and O–H groups in total. The van der Waals surface area contributed by atoms with Gasteiger partial charge in [-0.25, -0.2) is 9.69 Å². The molecule has 5 nitrogen and oxygen atoms in total. The predicted octanol–water partition coefficient (Wildman–Crippen LogP) is 4.54. The molecule has 1 aromatic rings. The van der Waals surface area contributed by atoms with E-state index in [-0.39, 0.29) is 29.7 Å². The lowest BCUT2D eigenvalue weighted by Crippen LogP contribution is -2.49. The van der Waals surface area contributed by atoms with Gasteiger partial charge >= 0.3 is 6.09 Å². The topological polar surface area (TPSA) is 55.8 Å². The van der Waals surface area contributed by atoms with E-state index in [4.69, 9.17) is 9.16 Å². The summed E-state index contributed by atoms with van der Waals surface area (Å²) < 4.78 is 11.8. The molecule has 3 rings (SSSR count). The summed E-state index contributed by atoms with van der Waals surface area (Å²) in [4.78, 5) is 27.0. The van der Waals surface area contributed by atoms with Gasteiger partial charge in [0.15, 0.2) is 8.32 Å². The second kappa shape index (κ2) is 7.83. The number of cyclic esters (lactones) is 1. The van der Waals surface area contributed by atoms with E-state index in [9.17, 15) is 9.59 Å². The highest BCUT2D eigenvalue weighted by Crippen LogP contribution is 2.40. The third kappa shape index (κ3) is 4.23. The first-order valence-corrected chi connectivity index (χ1v) is 12.9. The molecule has 0 bridgehead atoms.